The smallest absolute Gasteiger partial charge is 0.269 e. The maximum absolute atomic E-state index is 10.6. The fourth-order valence-electron chi connectivity index (χ4n) is 1.90. The van der Waals surface area contributed by atoms with E-state index < -0.39 is 4.92 Å². The number of aromatic nitrogens is 1. The van der Waals surface area contributed by atoms with Crippen LogP contribution in [0.15, 0.2) is 42.6 Å². The van der Waals surface area contributed by atoms with E-state index in [2.05, 4.69) is 0 Å². The van der Waals surface area contributed by atoms with Crippen LogP contribution in [0.4, 0.5) is 5.69 Å². The number of nitrogens with zero attached hydrogens (tertiary/aromatic N) is 2. The highest BCUT2D eigenvalue weighted by atomic mass is 16.6. The number of non-ortho nitro benzene ring substituents is 1. The minimum absolute atomic E-state index is 0.0296. The summed E-state index contributed by atoms with van der Waals surface area (Å²) in [7, 11) is 0. The summed E-state index contributed by atoms with van der Waals surface area (Å²) in [6.45, 7) is 2.60. The lowest BCUT2D eigenvalue weighted by Gasteiger charge is -2.11. The largest absolute Gasteiger partial charge is 0.346 e. The summed E-state index contributed by atoms with van der Waals surface area (Å²) in [5.74, 6) is 0. The molecule has 1 unspecified atom stereocenters. The van der Waals surface area contributed by atoms with Crippen LogP contribution >= 0.6 is 0 Å². The average Bonchev–Trinajstić information content (AvgIpc) is 2.78. The van der Waals surface area contributed by atoms with Crippen molar-refractivity contribution in [2.75, 3.05) is 0 Å². The van der Waals surface area contributed by atoms with Gasteiger partial charge in [-0.1, -0.05) is 12.1 Å². The highest BCUT2D eigenvalue weighted by Crippen LogP contribution is 2.16. The summed E-state index contributed by atoms with van der Waals surface area (Å²) in [5, 5.41) is 10.6. The standard InChI is InChI=1S/C13H15N3O2/c1-10(14)13-3-2-8-15(13)9-11-4-6-12(7-5-11)16(17)18/h2-8,10H,9,14H2,1H3. The zero-order chi connectivity index (χ0) is 13.1. The first-order chi connectivity index (χ1) is 8.58. The Labute approximate surface area is 105 Å². The molecule has 0 fully saturated rings. The summed E-state index contributed by atoms with van der Waals surface area (Å²) in [6, 6.07) is 10.5. The van der Waals surface area contributed by atoms with Gasteiger partial charge in [-0.15, -0.1) is 0 Å². The van der Waals surface area contributed by atoms with E-state index in [-0.39, 0.29) is 11.7 Å². The summed E-state index contributed by atoms with van der Waals surface area (Å²) < 4.78 is 2.05. The summed E-state index contributed by atoms with van der Waals surface area (Å²) in [4.78, 5) is 10.2. The minimum atomic E-state index is -0.396. The third-order valence-corrected chi connectivity index (χ3v) is 2.83. The third-order valence-electron chi connectivity index (χ3n) is 2.83. The quantitative estimate of drug-likeness (QED) is 0.664. The van der Waals surface area contributed by atoms with Crippen LogP contribution in [0.25, 0.3) is 0 Å². The lowest BCUT2D eigenvalue weighted by molar-refractivity contribution is -0.384. The van der Waals surface area contributed by atoms with Crippen molar-refractivity contribution in [1.29, 1.82) is 0 Å². The third kappa shape index (κ3) is 2.57. The van der Waals surface area contributed by atoms with Crippen molar-refractivity contribution in [2.45, 2.75) is 19.5 Å². The average molecular weight is 245 g/mol. The molecule has 0 spiro atoms. The van der Waals surface area contributed by atoms with E-state index in [1.54, 1.807) is 12.1 Å². The molecular formula is C13H15N3O2. The Morgan fingerprint density at radius 1 is 1.33 bits per heavy atom. The predicted octanol–water partition coefficient (Wildman–Crippen LogP) is 2.46. The molecule has 2 rings (SSSR count). The number of hydrogen-bond donors (Lipinski definition) is 1. The molecular weight excluding hydrogens is 230 g/mol. The van der Waals surface area contributed by atoms with Crippen molar-refractivity contribution in [1.82, 2.24) is 4.57 Å². The van der Waals surface area contributed by atoms with E-state index in [0.29, 0.717) is 6.54 Å². The van der Waals surface area contributed by atoms with Crippen molar-refractivity contribution in [3.8, 4) is 0 Å². The molecule has 0 radical (unpaired) electrons. The predicted molar refractivity (Wildman–Crippen MR) is 69.2 cm³/mol. The molecule has 0 aliphatic rings. The first kappa shape index (κ1) is 12.3. The molecule has 94 valence electrons. The Balaban J connectivity index is 2.18. The second kappa shape index (κ2) is 5.01. The molecule has 0 aliphatic carbocycles. The van der Waals surface area contributed by atoms with E-state index in [4.69, 9.17) is 5.73 Å². The zero-order valence-corrected chi connectivity index (χ0v) is 10.1. The maximum atomic E-state index is 10.6. The van der Waals surface area contributed by atoms with Crippen LogP contribution in [0, 0.1) is 10.1 Å². The van der Waals surface area contributed by atoms with Gasteiger partial charge in [0.1, 0.15) is 0 Å². The molecule has 2 aromatic rings. The van der Waals surface area contributed by atoms with Crippen LogP contribution in [-0.4, -0.2) is 9.49 Å². The van der Waals surface area contributed by atoms with Gasteiger partial charge >= 0.3 is 0 Å². The SMILES string of the molecule is CC(N)c1cccn1Cc1ccc([N+](=O)[O-])cc1. The van der Waals surface area contributed by atoms with E-state index >= 15 is 0 Å². The number of hydrogen-bond acceptors (Lipinski definition) is 3. The molecule has 0 aliphatic heterocycles. The lowest BCUT2D eigenvalue weighted by Crippen LogP contribution is -2.12. The number of nitro benzene ring substituents is 1. The fourth-order valence-corrected chi connectivity index (χ4v) is 1.90. The van der Waals surface area contributed by atoms with Crippen molar-refractivity contribution >= 4 is 5.69 Å². The second-order valence-corrected chi connectivity index (χ2v) is 4.27. The van der Waals surface area contributed by atoms with Gasteiger partial charge in [0, 0.05) is 36.6 Å². The summed E-state index contributed by atoms with van der Waals surface area (Å²) in [6.07, 6.45) is 1.96. The zero-order valence-electron chi connectivity index (χ0n) is 10.1. The van der Waals surface area contributed by atoms with Crippen LogP contribution in [0.1, 0.15) is 24.2 Å². The van der Waals surface area contributed by atoms with Crippen LogP contribution in [0.5, 0.6) is 0 Å². The van der Waals surface area contributed by atoms with Gasteiger partial charge in [0.05, 0.1) is 4.92 Å². The highest BCUT2D eigenvalue weighted by Gasteiger charge is 2.07. The van der Waals surface area contributed by atoms with Gasteiger partial charge in [-0.05, 0) is 24.6 Å². The number of nitrogens with two attached hydrogens (primary N) is 1. The number of rotatable bonds is 4. The van der Waals surface area contributed by atoms with E-state index in [1.165, 1.54) is 12.1 Å². The van der Waals surface area contributed by atoms with Crippen LogP contribution in [-0.2, 0) is 6.54 Å². The Bertz CT molecular complexity index is 544. The Kier molecular flexibility index (Phi) is 3.43. The first-order valence-electron chi connectivity index (χ1n) is 5.72. The molecule has 18 heavy (non-hydrogen) atoms. The van der Waals surface area contributed by atoms with Gasteiger partial charge in [-0.2, -0.15) is 0 Å². The van der Waals surface area contributed by atoms with E-state index in [9.17, 15) is 10.1 Å². The molecule has 1 atom stereocenters. The molecule has 5 nitrogen and oxygen atoms in total. The van der Waals surface area contributed by atoms with Crippen molar-refractivity contribution in [2.24, 2.45) is 5.73 Å². The molecule has 2 N–H and O–H groups in total. The van der Waals surface area contributed by atoms with E-state index in [1.807, 2.05) is 29.8 Å². The van der Waals surface area contributed by atoms with Gasteiger partial charge in [0.15, 0.2) is 0 Å². The molecule has 0 bridgehead atoms. The Morgan fingerprint density at radius 3 is 2.56 bits per heavy atom. The molecule has 5 heteroatoms. The molecule has 1 heterocycles. The molecule has 1 aromatic carbocycles. The van der Waals surface area contributed by atoms with Gasteiger partial charge in [-0.3, -0.25) is 10.1 Å². The van der Waals surface area contributed by atoms with Crippen molar-refractivity contribution in [3.05, 3.63) is 64.0 Å². The van der Waals surface area contributed by atoms with Crippen LogP contribution in [0.3, 0.4) is 0 Å². The molecule has 0 saturated carbocycles. The van der Waals surface area contributed by atoms with Gasteiger partial charge in [0.2, 0.25) is 0 Å². The monoisotopic (exact) mass is 245 g/mol. The number of nitro groups is 1. The fraction of sp³-hybridized carbons (Fsp3) is 0.231. The summed E-state index contributed by atoms with van der Waals surface area (Å²) in [5.41, 5.74) is 8.04. The van der Waals surface area contributed by atoms with Crippen LogP contribution in [0.2, 0.25) is 0 Å². The minimum Gasteiger partial charge on any atom is -0.346 e. The highest BCUT2D eigenvalue weighted by molar-refractivity contribution is 5.33. The van der Waals surface area contributed by atoms with Gasteiger partial charge in [0.25, 0.3) is 5.69 Å². The van der Waals surface area contributed by atoms with Gasteiger partial charge < -0.3 is 10.3 Å². The lowest BCUT2D eigenvalue weighted by atomic mass is 10.2. The molecule has 0 amide bonds. The molecule has 1 aromatic heterocycles. The van der Waals surface area contributed by atoms with Crippen LogP contribution < -0.4 is 5.73 Å². The maximum Gasteiger partial charge on any atom is 0.269 e. The van der Waals surface area contributed by atoms with Crippen molar-refractivity contribution < 1.29 is 4.92 Å². The van der Waals surface area contributed by atoms with E-state index in [0.717, 1.165) is 11.3 Å². The van der Waals surface area contributed by atoms with Gasteiger partial charge in [-0.25, -0.2) is 0 Å². The summed E-state index contributed by atoms with van der Waals surface area (Å²) >= 11 is 0. The normalized spacial score (nSPS) is 12.3. The number of benzene rings is 1. The topological polar surface area (TPSA) is 74.1 Å². The molecule has 0 saturated heterocycles. The second-order valence-electron chi connectivity index (χ2n) is 4.27. The first-order valence-corrected chi connectivity index (χ1v) is 5.72. The Hall–Kier alpha value is -2.14. The van der Waals surface area contributed by atoms with Crippen molar-refractivity contribution in [3.63, 3.8) is 0 Å². The Morgan fingerprint density at radius 2 is 2.00 bits per heavy atom.